The van der Waals surface area contributed by atoms with E-state index in [0.29, 0.717) is 13.1 Å². The van der Waals surface area contributed by atoms with Crippen molar-refractivity contribution >= 4 is 16.8 Å². The van der Waals surface area contributed by atoms with E-state index in [1.165, 1.54) is 0 Å². The first-order valence-corrected chi connectivity index (χ1v) is 6.05. The van der Waals surface area contributed by atoms with Gasteiger partial charge in [0.15, 0.2) is 0 Å². The normalized spacial score (nSPS) is 14.4. The van der Waals surface area contributed by atoms with Gasteiger partial charge in [0.05, 0.1) is 11.1 Å². The highest BCUT2D eigenvalue weighted by Crippen LogP contribution is 2.20. The number of rotatable bonds is 1. The number of fused-ring (bicyclic) bond motifs is 1. The minimum absolute atomic E-state index is 0.0815. The van der Waals surface area contributed by atoms with E-state index in [9.17, 15) is 4.79 Å². The summed E-state index contributed by atoms with van der Waals surface area (Å²) in [6.07, 6.45) is 5.74. The van der Waals surface area contributed by atoms with Crippen LogP contribution in [0, 0.1) is 6.92 Å². The number of amides is 1. The van der Waals surface area contributed by atoms with Crippen LogP contribution in [0.1, 0.15) is 15.9 Å². The molecule has 1 amide bonds. The van der Waals surface area contributed by atoms with Gasteiger partial charge in [0.1, 0.15) is 0 Å². The predicted octanol–water partition coefficient (Wildman–Crippen LogP) is 2.56. The minimum atomic E-state index is 0.0815. The summed E-state index contributed by atoms with van der Waals surface area (Å²) >= 11 is 0. The van der Waals surface area contributed by atoms with E-state index in [2.05, 4.69) is 4.98 Å². The van der Waals surface area contributed by atoms with Crippen LogP contribution in [0.3, 0.4) is 0 Å². The van der Waals surface area contributed by atoms with Gasteiger partial charge in [-0.1, -0.05) is 23.8 Å². The van der Waals surface area contributed by atoms with Gasteiger partial charge in [-0.25, -0.2) is 0 Å². The van der Waals surface area contributed by atoms with Gasteiger partial charge in [-0.05, 0) is 25.1 Å². The number of aryl methyl sites for hydroxylation is 1. The number of hydrogen-bond donors (Lipinski definition) is 0. The Hall–Kier alpha value is -2.16. The molecule has 2 aromatic rings. The van der Waals surface area contributed by atoms with Gasteiger partial charge in [-0.3, -0.25) is 9.78 Å². The lowest BCUT2D eigenvalue weighted by Gasteiger charge is -2.16. The first-order valence-electron chi connectivity index (χ1n) is 6.05. The van der Waals surface area contributed by atoms with E-state index in [1.54, 1.807) is 6.20 Å². The summed E-state index contributed by atoms with van der Waals surface area (Å²) in [5.41, 5.74) is 2.76. The van der Waals surface area contributed by atoms with Gasteiger partial charge in [-0.15, -0.1) is 0 Å². The van der Waals surface area contributed by atoms with Crippen molar-refractivity contribution in [1.82, 2.24) is 9.88 Å². The van der Waals surface area contributed by atoms with Gasteiger partial charge in [-0.2, -0.15) is 0 Å². The van der Waals surface area contributed by atoms with E-state index in [-0.39, 0.29) is 5.91 Å². The second-order valence-corrected chi connectivity index (χ2v) is 4.56. The molecular weight excluding hydrogens is 224 g/mol. The SMILES string of the molecule is Cc1ccc2nccc(C(=O)N3CC=CC3)c2c1. The van der Waals surface area contributed by atoms with Crippen molar-refractivity contribution in [1.29, 1.82) is 0 Å². The number of hydrogen-bond acceptors (Lipinski definition) is 2. The molecule has 0 atom stereocenters. The molecule has 0 saturated carbocycles. The topological polar surface area (TPSA) is 33.2 Å². The quantitative estimate of drug-likeness (QED) is 0.715. The molecule has 0 bridgehead atoms. The maximum absolute atomic E-state index is 12.4. The zero-order valence-electron chi connectivity index (χ0n) is 10.3. The van der Waals surface area contributed by atoms with Gasteiger partial charge < -0.3 is 4.90 Å². The average molecular weight is 238 g/mol. The summed E-state index contributed by atoms with van der Waals surface area (Å²) in [4.78, 5) is 18.6. The zero-order valence-corrected chi connectivity index (χ0v) is 10.3. The molecule has 3 nitrogen and oxygen atoms in total. The number of benzene rings is 1. The minimum Gasteiger partial charge on any atom is -0.331 e. The van der Waals surface area contributed by atoms with Crippen molar-refractivity contribution in [3.8, 4) is 0 Å². The molecular formula is C15H14N2O. The van der Waals surface area contributed by atoms with Crippen LogP contribution in [0.2, 0.25) is 0 Å². The molecule has 0 saturated heterocycles. The van der Waals surface area contributed by atoms with Crippen LogP contribution in [-0.2, 0) is 0 Å². The molecule has 0 unspecified atom stereocenters. The highest BCUT2D eigenvalue weighted by atomic mass is 16.2. The molecule has 90 valence electrons. The highest BCUT2D eigenvalue weighted by Gasteiger charge is 2.18. The van der Waals surface area contributed by atoms with Crippen LogP contribution >= 0.6 is 0 Å². The van der Waals surface area contributed by atoms with Gasteiger partial charge in [0, 0.05) is 24.7 Å². The Balaban J connectivity index is 2.10. The number of nitrogens with zero attached hydrogens (tertiary/aromatic N) is 2. The molecule has 0 radical (unpaired) electrons. The van der Waals surface area contributed by atoms with Gasteiger partial charge in [0.2, 0.25) is 0 Å². The van der Waals surface area contributed by atoms with Crippen LogP contribution in [0.15, 0.2) is 42.6 Å². The molecule has 1 aliphatic heterocycles. The van der Waals surface area contributed by atoms with Crippen molar-refractivity contribution in [2.24, 2.45) is 0 Å². The zero-order chi connectivity index (χ0) is 12.5. The molecule has 0 aliphatic carbocycles. The Morgan fingerprint density at radius 2 is 2.00 bits per heavy atom. The summed E-state index contributed by atoms with van der Waals surface area (Å²) < 4.78 is 0. The smallest absolute Gasteiger partial charge is 0.255 e. The van der Waals surface area contributed by atoms with Crippen molar-refractivity contribution in [3.63, 3.8) is 0 Å². The maximum Gasteiger partial charge on any atom is 0.255 e. The van der Waals surface area contributed by atoms with E-state index in [0.717, 1.165) is 22.0 Å². The fourth-order valence-electron chi connectivity index (χ4n) is 2.26. The Morgan fingerprint density at radius 3 is 2.78 bits per heavy atom. The third kappa shape index (κ3) is 1.78. The average Bonchev–Trinajstić information content (AvgIpc) is 2.91. The maximum atomic E-state index is 12.4. The Kier molecular flexibility index (Phi) is 2.59. The highest BCUT2D eigenvalue weighted by molar-refractivity contribution is 6.06. The van der Waals surface area contributed by atoms with E-state index in [1.807, 2.05) is 48.2 Å². The molecule has 1 aromatic carbocycles. The molecule has 18 heavy (non-hydrogen) atoms. The molecule has 2 heterocycles. The van der Waals surface area contributed by atoms with Crippen LogP contribution in [0.5, 0.6) is 0 Å². The second-order valence-electron chi connectivity index (χ2n) is 4.56. The molecule has 3 rings (SSSR count). The Bertz CT molecular complexity index is 638. The molecule has 0 fully saturated rings. The van der Waals surface area contributed by atoms with E-state index in [4.69, 9.17) is 0 Å². The standard InChI is InChI=1S/C15H14N2O/c1-11-4-5-14-13(10-11)12(6-7-16-14)15(18)17-8-2-3-9-17/h2-7,10H,8-9H2,1H3. The Labute approximate surface area is 106 Å². The summed E-state index contributed by atoms with van der Waals surface area (Å²) in [7, 11) is 0. The van der Waals surface area contributed by atoms with Crippen molar-refractivity contribution in [2.75, 3.05) is 13.1 Å². The number of carbonyl (C=O) groups is 1. The van der Waals surface area contributed by atoms with Crippen LogP contribution in [0.25, 0.3) is 10.9 Å². The fraction of sp³-hybridized carbons (Fsp3) is 0.200. The van der Waals surface area contributed by atoms with Crippen molar-refractivity contribution < 1.29 is 4.79 Å². The van der Waals surface area contributed by atoms with Crippen LogP contribution in [0.4, 0.5) is 0 Å². The number of pyridine rings is 1. The van der Waals surface area contributed by atoms with E-state index < -0.39 is 0 Å². The summed E-state index contributed by atoms with van der Waals surface area (Å²) in [5.74, 6) is 0.0815. The molecule has 0 N–H and O–H groups in total. The summed E-state index contributed by atoms with van der Waals surface area (Å²) in [6, 6.07) is 7.81. The lowest BCUT2D eigenvalue weighted by Crippen LogP contribution is -2.28. The lowest BCUT2D eigenvalue weighted by atomic mass is 10.1. The summed E-state index contributed by atoms with van der Waals surface area (Å²) in [6.45, 7) is 3.43. The predicted molar refractivity (Wildman–Crippen MR) is 71.5 cm³/mol. The second kappa shape index (κ2) is 4.26. The first-order chi connectivity index (χ1) is 8.75. The molecule has 0 spiro atoms. The Morgan fingerprint density at radius 1 is 1.22 bits per heavy atom. The fourth-order valence-corrected chi connectivity index (χ4v) is 2.26. The number of carbonyl (C=O) groups excluding carboxylic acids is 1. The largest absolute Gasteiger partial charge is 0.331 e. The van der Waals surface area contributed by atoms with Gasteiger partial charge >= 0.3 is 0 Å². The third-order valence-electron chi connectivity index (χ3n) is 3.23. The summed E-state index contributed by atoms with van der Waals surface area (Å²) in [5, 5.41) is 0.939. The van der Waals surface area contributed by atoms with Gasteiger partial charge in [0.25, 0.3) is 5.91 Å². The molecule has 1 aliphatic rings. The van der Waals surface area contributed by atoms with Crippen LogP contribution < -0.4 is 0 Å². The van der Waals surface area contributed by atoms with Crippen molar-refractivity contribution in [3.05, 3.63) is 53.7 Å². The monoisotopic (exact) mass is 238 g/mol. The first kappa shape index (κ1) is 11.0. The van der Waals surface area contributed by atoms with Crippen molar-refractivity contribution in [2.45, 2.75) is 6.92 Å². The number of aromatic nitrogens is 1. The molecule has 3 heteroatoms. The third-order valence-corrected chi connectivity index (χ3v) is 3.23. The van der Waals surface area contributed by atoms with E-state index >= 15 is 0 Å². The molecule has 1 aromatic heterocycles. The van der Waals surface area contributed by atoms with Crippen LogP contribution in [-0.4, -0.2) is 28.9 Å². The lowest BCUT2D eigenvalue weighted by molar-refractivity contribution is 0.0802.